The van der Waals surface area contributed by atoms with Gasteiger partial charge in [-0.3, -0.25) is 29.7 Å². The molecule has 0 aliphatic carbocycles. The second-order valence-electron chi connectivity index (χ2n) is 7.14. The maximum atomic E-state index is 13.0. The molecule has 0 unspecified atom stereocenters. The minimum atomic E-state index is -0.561. The highest BCUT2D eigenvalue weighted by Crippen LogP contribution is 2.19. The van der Waals surface area contributed by atoms with Gasteiger partial charge in [0.1, 0.15) is 5.70 Å². The van der Waals surface area contributed by atoms with Crippen molar-refractivity contribution in [2.45, 2.75) is 19.9 Å². The van der Waals surface area contributed by atoms with Gasteiger partial charge in [-0.2, -0.15) is 0 Å². The Labute approximate surface area is 181 Å². The number of H-pyrrole nitrogens is 1. The van der Waals surface area contributed by atoms with Crippen molar-refractivity contribution < 1.29 is 14.5 Å². The first kappa shape index (κ1) is 20.8. The normalized spacial score (nSPS) is 14.8. The maximum Gasteiger partial charge on any atom is 0.329 e. The van der Waals surface area contributed by atoms with E-state index in [1.807, 2.05) is 37.3 Å². The van der Waals surface area contributed by atoms with Gasteiger partial charge in [0.15, 0.2) is 0 Å². The van der Waals surface area contributed by atoms with Gasteiger partial charge in [-0.25, -0.2) is 9.48 Å². The van der Waals surface area contributed by atoms with Crippen molar-refractivity contribution in [3.63, 3.8) is 0 Å². The Morgan fingerprint density at radius 2 is 1.72 bits per heavy atom. The summed E-state index contributed by atoms with van der Waals surface area (Å²) in [4.78, 5) is 49.6. The first-order valence-corrected chi connectivity index (χ1v) is 9.86. The quantitative estimate of drug-likeness (QED) is 0.267. The lowest BCUT2D eigenvalue weighted by molar-refractivity contribution is -0.384. The number of amides is 3. The molecule has 0 bridgehead atoms. The van der Waals surface area contributed by atoms with Crippen molar-refractivity contribution in [2.24, 2.45) is 0 Å². The third-order valence-electron chi connectivity index (χ3n) is 5.11. The zero-order valence-corrected chi connectivity index (χ0v) is 17.1. The van der Waals surface area contributed by atoms with Gasteiger partial charge in [0, 0.05) is 17.8 Å². The van der Waals surface area contributed by atoms with Crippen LogP contribution in [0, 0.1) is 10.1 Å². The molecule has 1 saturated heterocycles. The van der Waals surface area contributed by atoms with Gasteiger partial charge < -0.3 is 5.32 Å². The Bertz CT molecular complexity index is 1290. The van der Waals surface area contributed by atoms with Crippen LogP contribution in [0.4, 0.5) is 10.5 Å². The third kappa shape index (κ3) is 3.81. The molecule has 1 fully saturated rings. The van der Waals surface area contributed by atoms with Crippen LogP contribution in [0.15, 0.2) is 65.1 Å². The lowest BCUT2D eigenvalue weighted by Crippen LogP contribution is -2.30. The van der Waals surface area contributed by atoms with E-state index >= 15 is 0 Å². The van der Waals surface area contributed by atoms with Crippen LogP contribution in [0.1, 0.15) is 23.7 Å². The minimum Gasteiger partial charge on any atom is -0.303 e. The van der Waals surface area contributed by atoms with Crippen molar-refractivity contribution in [3.8, 4) is 5.69 Å². The zero-order chi connectivity index (χ0) is 22.8. The smallest absolute Gasteiger partial charge is 0.303 e. The monoisotopic (exact) mass is 433 g/mol. The second kappa shape index (κ2) is 8.34. The number of carbonyl (C=O) groups excluding carboxylic acids is 2. The van der Waals surface area contributed by atoms with Gasteiger partial charge in [-0.05, 0) is 30.2 Å². The van der Waals surface area contributed by atoms with Gasteiger partial charge in [0.05, 0.1) is 22.7 Å². The molecular weight excluding hydrogens is 414 g/mol. The van der Waals surface area contributed by atoms with E-state index in [1.165, 1.54) is 35.0 Å². The average molecular weight is 433 g/mol. The molecule has 0 spiro atoms. The molecule has 1 aromatic heterocycles. The van der Waals surface area contributed by atoms with Crippen LogP contribution in [0.2, 0.25) is 0 Å². The number of hydrogen-bond donors (Lipinski definition) is 2. The van der Waals surface area contributed by atoms with Crippen molar-refractivity contribution >= 4 is 23.7 Å². The third-order valence-corrected chi connectivity index (χ3v) is 5.11. The highest BCUT2D eigenvalue weighted by molar-refractivity contribution is 6.13. The number of nitro groups is 1. The Hall–Kier alpha value is -4.47. The number of nitro benzene ring substituents is 1. The van der Waals surface area contributed by atoms with Crippen molar-refractivity contribution in [3.05, 3.63) is 97.6 Å². The fourth-order valence-corrected chi connectivity index (χ4v) is 3.44. The molecule has 2 aromatic carbocycles. The van der Waals surface area contributed by atoms with Gasteiger partial charge in [-0.15, -0.1) is 0 Å². The number of imide groups is 1. The fraction of sp³-hybridized carbons (Fsp3) is 0.136. The standard InChI is InChI=1S/C22H19N5O5/c1-2-18-17(20(28)26(24-18)15-8-10-16(11-9-15)27(31)32)12-19-21(29)25(22(30)23-19)13-14-6-4-3-5-7-14/h3-12,24H,2,13H2,1H3,(H,23,30)/b19-12-. The van der Waals surface area contributed by atoms with Crippen LogP contribution in [-0.2, 0) is 17.8 Å². The molecule has 1 aliphatic rings. The molecule has 2 heterocycles. The zero-order valence-electron chi connectivity index (χ0n) is 17.1. The molecule has 10 nitrogen and oxygen atoms in total. The Morgan fingerprint density at radius 1 is 1.03 bits per heavy atom. The van der Waals surface area contributed by atoms with E-state index in [9.17, 15) is 24.5 Å². The first-order valence-electron chi connectivity index (χ1n) is 9.86. The first-order chi connectivity index (χ1) is 15.4. The summed E-state index contributed by atoms with van der Waals surface area (Å²) in [5, 5.41) is 16.4. The number of aromatic nitrogens is 2. The van der Waals surface area contributed by atoms with Gasteiger partial charge in [0.25, 0.3) is 17.2 Å². The van der Waals surface area contributed by atoms with Crippen LogP contribution < -0.4 is 10.9 Å². The highest BCUT2D eigenvalue weighted by atomic mass is 16.6. The Balaban J connectivity index is 1.66. The summed E-state index contributed by atoms with van der Waals surface area (Å²) in [6, 6.07) is 14.1. The summed E-state index contributed by atoms with van der Waals surface area (Å²) >= 11 is 0. The van der Waals surface area contributed by atoms with E-state index in [-0.39, 0.29) is 23.5 Å². The number of rotatable bonds is 6. The molecule has 0 atom stereocenters. The van der Waals surface area contributed by atoms with Gasteiger partial charge in [-0.1, -0.05) is 37.3 Å². The molecule has 2 N–H and O–H groups in total. The predicted molar refractivity (Wildman–Crippen MR) is 116 cm³/mol. The van der Waals surface area contributed by atoms with Crippen molar-refractivity contribution in [1.82, 2.24) is 20.0 Å². The van der Waals surface area contributed by atoms with Crippen LogP contribution in [0.3, 0.4) is 0 Å². The number of nitrogens with zero attached hydrogens (tertiary/aromatic N) is 3. The van der Waals surface area contributed by atoms with Crippen molar-refractivity contribution in [1.29, 1.82) is 0 Å². The highest BCUT2D eigenvalue weighted by Gasteiger charge is 2.34. The van der Waals surface area contributed by atoms with Crippen LogP contribution >= 0.6 is 0 Å². The van der Waals surface area contributed by atoms with E-state index in [4.69, 9.17) is 0 Å². The number of benzene rings is 2. The molecule has 32 heavy (non-hydrogen) atoms. The van der Waals surface area contributed by atoms with Gasteiger partial charge in [0.2, 0.25) is 0 Å². The molecule has 0 saturated carbocycles. The maximum absolute atomic E-state index is 13.0. The molecule has 3 amide bonds. The number of aryl methyl sites for hydroxylation is 1. The average Bonchev–Trinajstić information content (AvgIpc) is 3.25. The van der Waals surface area contributed by atoms with E-state index in [2.05, 4.69) is 10.4 Å². The lowest BCUT2D eigenvalue weighted by atomic mass is 10.1. The molecule has 10 heteroatoms. The molecule has 1 aliphatic heterocycles. The molecule has 4 rings (SSSR count). The second-order valence-corrected chi connectivity index (χ2v) is 7.14. The van der Waals surface area contributed by atoms with E-state index < -0.39 is 22.4 Å². The van der Waals surface area contributed by atoms with Crippen LogP contribution in [0.25, 0.3) is 11.8 Å². The molecule has 0 radical (unpaired) electrons. The van der Waals surface area contributed by atoms with E-state index in [1.54, 1.807) is 0 Å². The Kier molecular flexibility index (Phi) is 5.42. The summed E-state index contributed by atoms with van der Waals surface area (Å²) in [5.41, 5.74) is 1.48. The number of urea groups is 1. The number of non-ortho nitro benzene ring substituents is 1. The van der Waals surface area contributed by atoms with Crippen LogP contribution in [0.5, 0.6) is 0 Å². The topological polar surface area (TPSA) is 130 Å². The molecule has 162 valence electrons. The van der Waals surface area contributed by atoms with Crippen molar-refractivity contribution in [2.75, 3.05) is 0 Å². The number of nitrogens with one attached hydrogen (secondary N) is 2. The summed E-state index contributed by atoms with van der Waals surface area (Å²) in [5.74, 6) is -0.525. The Morgan fingerprint density at radius 3 is 2.34 bits per heavy atom. The SMILES string of the molecule is CCc1[nH]n(-c2ccc([N+](=O)[O-])cc2)c(=O)c1/C=C1\NC(=O)N(Cc2ccccc2)C1=O. The molecule has 3 aromatic rings. The number of hydrogen-bond acceptors (Lipinski definition) is 5. The largest absolute Gasteiger partial charge is 0.329 e. The fourth-order valence-electron chi connectivity index (χ4n) is 3.44. The summed E-state index contributed by atoms with van der Waals surface area (Å²) in [6.45, 7) is 1.95. The number of aromatic amines is 1. The van der Waals surface area contributed by atoms with Crippen LogP contribution in [-0.4, -0.2) is 31.5 Å². The minimum absolute atomic E-state index is 0.00702. The summed E-state index contributed by atoms with van der Waals surface area (Å²) in [7, 11) is 0. The summed E-state index contributed by atoms with van der Waals surface area (Å²) in [6.07, 6.45) is 1.83. The van der Waals surface area contributed by atoms with Gasteiger partial charge >= 0.3 is 6.03 Å². The van der Waals surface area contributed by atoms with E-state index in [0.29, 0.717) is 17.8 Å². The number of carbonyl (C=O) groups is 2. The molecular formula is C22H19N5O5. The predicted octanol–water partition coefficient (Wildman–Crippen LogP) is 2.73. The lowest BCUT2D eigenvalue weighted by Gasteiger charge is -2.11. The van der Waals surface area contributed by atoms with E-state index in [0.717, 1.165) is 10.5 Å². The summed E-state index contributed by atoms with van der Waals surface area (Å²) < 4.78 is 1.25.